The van der Waals surface area contributed by atoms with Crippen molar-refractivity contribution in [2.75, 3.05) is 13.1 Å². The van der Waals surface area contributed by atoms with Gasteiger partial charge in [0.05, 0.1) is 5.69 Å². The fraction of sp³-hybridized carbons (Fsp3) is 0.357. The molecule has 1 aromatic heterocycles. The molecule has 1 unspecified atom stereocenters. The molecule has 1 atom stereocenters. The van der Waals surface area contributed by atoms with Crippen molar-refractivity contribution in [3.63, 3.8) is 0 Å². The first-order chi connectivity index (χ1) is 9.31. The second-order valence-corrected chi connectivity index (χ2v) is 5.58. The summed E-state index contributed by atoms with van der Waals surface area (Å²) in [5, 5.41) is 9.83. The molecule has 0 saturated carbocycles. The van der Waals surface area contributed by atoms with Crippen LogP contribution < -0.4 is 10.6 Å². The van der Waals surface area contributed by atoms with Crippen LogP contribution in [-0.2, 0) is 6.54 Å². The number of thiazole rings is 1. The highest BCUT2D eigenvalue weighted by Gasteiger charge is 2.14. The molecule has 1 aliphatic heterocycles. The maximum atomic E-state index is 12.9. The molecule has 0 amide bonds. The first-order valence-electron chi connectivity index (χ1n) is 6.46. The monoisotopic (exact) mass is 277 g/mol. The van der Waals surface area contributed by atoms with E-state index in [1.165, 1.54) is 18.6 Å². The minimum Gasteiger partial charge on any atom is -0.315 e. The molecule has 19 heavy (non-hydrogen) atoms. The van der Waals surface area contributed by atoms with Crippen molar-refractivity contribution in [2.24, 2.45) is 0 Å². The number of nitrogens with zero attached hydrogens (tertiary/aromatic N) is 1. The summed E-state index contributed by atoms with van der Waals surface area (Å²) >= 11 is 1.60. The summed E-state index contributed by atoms with van der Waals surface area (Å²) in [4.78, 5) is 4.58. The second-order valence-electron chi connectivity index (χ2n) is 4.72. The maximum Gasteiger partial charge on any atom is 0.123 e. The molecule has 2 N–H and O–H groups in total. The van der Waals surface area contributed by atoms with E-state index in [1.807, 2.05) is 0 Å². The van der Waals surface area contributed by atoms with Gasteiger partial charge in [0.15, 0.2) is 0 Å². The minimum atomic E-state index is -0.212. The highest BCUT2D eigenvalue weighted by Crippen LogP contribution is 2.23. The van der Waals surface area contributed by atoms with Crippen LogP contribution in [0, 0.1) is 5.82 Å². The van der Waals surface area contributed by atoms with Crippen molar-refractivity contribution in [2.45, 2.75) is 19.0 Å². The van der Waals surface area contributed by atoms with Gasteiger partial charge in [-0.3, -0.25) is 0 Å². The van der Waals surface area contributed by atoms with Gasteiger partial charge < -0.3 is 10.6 Å². The molecule has 2 heterocycles. The summed E-state index contributed by atoms with van der Waals surface area (Å²) in [5.41, 5.74) is 2.02. The zero-order valence-electron chi connectivity index (χ0n) is 10.5. The average Bonchev–Trinajstić information content (AvgIpc) is 3.09. The number of nitrogens with one attached hydrogen (secondary N) is 2. The van der Waals surface area contributed by atoms with Gasteiger partial charge >= 0.3 is 0 Å². The summed E-state index contributed by atoms with van der Waals surface area (Å²) in [7, 11) is 0. The zero-order valence-corrected chi connectivity index (χ0v) is 11.3. The van der Waals surface area contributed by atoms with Crippen LogP contribution in [0.2, 0.25) is 0 Å². The van der Waals surface area contributed by atoms with Crippen LogP contribution >= 0.6 is 11.3 Å². The zero-order chi connectivity index (χ0) is 13.1. The summed E-state index contributed by atoms with van der Waals surface area (Å²) in [6.45, 7) is 2.93. The fourth-order valence-electron chi connectivity index (χ4n) is 2.19. The Bertz CT molecular complexity index is 532. The lowest BCUT2D eigenvalue weighted by Crippen LogP contribution is -2.30. The van der Waals surface area contributed by atoms with E-state index in [-0.39, 0.29) is 5.82 Å². The van der Waals surface area contributed by atoms with Gasteiger partial charge in [0, 0.05) is 30.1 Å². The molecule has 1 saturated heterocycles. The van der Waals surface area contributed by atoms with Crippen LogP contribution in [-0.4, -0.2) is 24.1 Å². The maximum absolute atomic E-state index is 12.9. The van der Waals surface area contributed by atoms with Crippen molar-refractivity contribution in [3.05, 3.63) is 41.2 Å². The Hall–Kier alpha value is -1.30. The Morgan fingerprint density at radius 3 is 2.95 bits per heavy atom. The number of benzene rings is 1. The highest BCUT2D eigenvalue weighted by atomic mass is 32.1. The highest BCUT2D eigenvalue weighted by molar-refractivity contribution is 7.13. The molecule has 3 rings (SSSR count). The molecule has 1 fully saturated rings. The first-order valence-corrected chi connectivity index (χ1v) is 7.34. The molecule has 0 aliphatic carbocycles. The quantitative estimate of drug-likeness (QED) is 0.901. The van der Waals surface area contributed by atoms with E-state index in [4.69, 9.17) is 0 Å². The molecule has 3 nitrogen and oxygen atoms in total. The number of hydrogen-bond acceptors (Lipinski definition) is 4. The topological polar surface area (TPSA) is 37.0 Å². The van der Waals surface area contributed by atoms with Gasteiger partial charge in [-0.15, -0.1) is 11.3 Å². The number of halogens is 1. The van der Waals surface area contributed by atoms with E-state index in [2.05, 4.69) is 21.0 Å². The van der Waals surface area contributed by atoms with Crippen molar-refractivity contribution in [1.82, 2.24) is 15.6 Å². The predicted octanol–water partition coefficient (Wildman–Crippen LogP) is 2.40. The number of hydrogen-bond donors (Lipinski definition) is 2. The summed E-state index contributed by atoms with van der Waals surface area (Å²) in [5.74, 6) is -0.212. The summed E-state index contributed by atoms with van der Waals surface area (Å²) in [6, 6.07) is 7.03. The van der Waals surface area contributed by atoms with Crippen molar-refractivity contribution >= 4 is 11.3 Å². The lowest BCUT2D eigenvalue weighted by atomic mass is 10.2. The smallest absolute Gasteiger partial charge is 0.123 e. The molecule has 1 aromatic carbocycles. The van der Waals surface area contributed by atoms with Gasteiger partial charge in [-0.05, 0) is 37.2 Å². The third kappa shape index (κ3) is 3.18. The van der Waals surface area contributed by atoms with Crippen LogP contribution in [0.15, 0.2) is 29.6 Å². The Kier molecular flexibility index (Phi) is 3.87. The Morgan fingerprint density at radius 1 is 1.37 bits per heavy atom. The fourth-order valence-corrected chi connectivity index (χ4v) is 3.02. The molecule has 1 aliphatic rings. The van der Waals surface area contributed by atoms with E-state index in [0.29, 0.717) is 6.04 Å². The van der Waals surface area contributed by atoms with Gasteiger partial charge in [-0.2, -0.15) is 0 Å². The molecule has 100 valence electrons. The SMILES string of the molecule is Fc1ccc(-c2nc(CNC3CCNC3)cs2)cc1. The lowest BCUT2D eigenvalue weighted by Gasteiger charge is -2.08. The molecule has 0 radical (unpaired) electrons. The van der Waals surface area contributed by atoms with Gasteiger partial charge in [0.25, 0.3) is 0 Å². The predicted molar refractivity (Wildman–Crippen MR) is 75.6 cm³/mol. The second kappa shape index (κ2) is 5.77. The molecule has 5 heteroatoms. The van der Waals surface area contributed by atoms with Gasteiger partial charge in [0.1, 0.15) is 10.8 Å². The van der Waals surface area contributed by atoms with E-state index in [0.717, 1.165) is 35.9 Å². The number of aromatic nitrogens is 1. The van der Waals surface area contributed by atoms with Crippen LogP contribution in [0.4, 0.5) is 4.39 Å². The average molecular weight is 277 g/mol. The largest absolute Gasteiger partial charge is 0.315 e. The van der Waals surface area contributed by atoms with E-state index in [9.17, 15) is 4.39 Å². The Morgan fingerprint density at radius 2 is 2.21 bits per heavy atom. The third-order valence-corrected chi connectivity index (χ3v) is 4.22. The van der Waals surface area contributed by atoms with Crippen LogP contribution in [0.25, 0.3) is 10.6 Å². The standard InChI is InChI=1S/C14H16FN3S/c15-11-3-1-10(2-4-11)14-18-13(9-19-14)8-17-12-5-6-16-7-12/h1-4,9,12,16-17H,5-8H2. The molecular weight excluding hydrogens is 261 g/mol. The van der Waals surface area contributed by atoms with Crippen LogP contribution in [0.1, 0.15) is 12.1 Å². The molecule has 0 bridgehead atoms. The molecular formula is C14H16FN3S. The van der Waals surface area contributed by atoms with Crippen molar-refractivity contribution in [1.29, 1.82) is 0 Å². The minimum absolute atomic E-state index is 0.212. The van der Waals surface area contributed by atoms with E-state index in [1.54, 1.807) is 23.5 Å². The Labute approximate surface area is 115 Å². The van der Waals surface area contributed by atoms with Crippen LogP contribution in [0.3, 0.4) is 0 Å². The third-order valence-electron chi connectivity index (χ3n) is 3.28. The number of rotatable bonds is 4. The van der Waals surface area contributed by atoms with Crippen molar-refractivity contribution < 1.29 is 4.39 Å². The summed E-state index contributed by atoms with van der Waals surface area (Å²) in [6.07, 6.45) is 1.18. The lowest BCUT2D eigenvalue weighted by molar-refractivity contribution is 0.543. The van der Waals surface area contributed by atoms with Gasteiger partial charge in [0.2, 0.25) is 0 Å². The summed E-state index contributed by atoms with van der Waals surface area (Å²) < 4.78 is 12.9. The molecule has 0 spiro atoms. The van der Waals surface area contributed by atoms with Crippen LogP contribution in [0.5, 0.6) is 0 Å². The van der Waals surface area contributed by atoms with E-state index < -0.39 is 0 Å². The molecule has 2 aromatic rings. The van der Waals surface area contributed by atoms with Crippen molar-refractivity contribution in [3.8, 4) is 10.6 Å². The van der Waals surface area contributed by atoms with Gasteiger partial charge in [-0.1, -0.05) is 0 Å². The Balaban J connectivity index is 1.63. The van der Waals surface area contributed by atoms with E-state index >= 15 is 0 Å². The normalized spacial score (nSPS) is 18.9. The van der Waals surface area contributed by atoms with Gasteiger partial charge in [-0.25, -0.2) is 9.37 Å². The first kappa shape index (κ1) is 12.7.